The molecule has 2 rings (SSSR count). The minimum absolute atomic E-state index is 0.0969. The molecule has 0 saturated carbocycles. The summed E-state index contributed by atoms with van der Waals surface area (Å²) < 4.78 is 44.6. The Morgan fingerprint density at radius 1 is 1.18 bits per heavy atom. The van der Waals surface area contributed by atoms with Crippen LogP contribution in [0.1, 0.15) is 44.8 Å². The fraction of sp³-hybridized carbons (Fsp3) is 0.600. The summed E-state index contributed by atoms with van der Waals surface area (Å²) >= 11 is 0. The lowest BCUT2D eigenvalue weighted by molar-refractivity contribution is -0.180. The number of hydrogen-bond acceptors (Lipinski definition) is 4. The van der Waals surface area contributed by atoms with Gasteiger partial charge in [-0.25, -0.2) is 0 Å². The summed E-state index contributed by atoms with van der Waals surface area (Å²) in [5, 5.41) is 0. The molecule has 1 heterocycles. The van der Waals surface area contributed by atoms with Gasteiger partial charge in [-0.05, 0) is 24.8 Å². The molecule has 1 aromatic rings. The van der Waals surface area contributed by atoms with Crippen LogP contribution in [0.25, 0.3) is 0 Å². The molecule has 1 aliphatic rings. The number of rotatable bonds is 7. The van der Waals surface area contributed by atoms with E-state index in [9.17, 15) is 8.42 Å². The van der Waals surface area contributed by atoms with Gasteiger partial charge in [0.15, 0.2) is 5.79 Å². The van der Waals surface area contributed by atoms with Crippen molar-refractivity contribution in [1.29, 1.82) is 0 Å². The van der Waals surface area contributed by atoms with Gasteiger partial charge in [0.2, 0.25) is 0 Å². The number of benzene rings is 1. The molecular weight excluding hydrogens is 306 g/mol. The molecule has 22 heavy (non-hydrogen) atoms. The molecule has 0 amide bonds. The first kappa shape index (κ1) is 17.4. The Morgan fingerprint density at radius 3 is 2.36 bits per heavy atom. The summed E-state index contributed by atoms with van der Waals surface area (Å²) in [4.78, 5) is 0. The first-order valence-electron chi connectivity index (χ1n) is 7.52. The van der Waals surface area contributed by atoms with E-state index in [0.717, 1.165) is 18.4 Å². The molecule has 0 aliphatic carbocycles. The lowest BCUT2D eigenvalue weighted by Crippen LogP contribution is -2.30. The van der Waals surface area contributed by atoms with Crippen LogP contribution in [-0.2, 0) is 19.8 Å². The van der Waals surface area contributed by atoms with Crippen molar-refractivity contribution in [2.24, 2.45) is 0 Å². The highest BCUT2D eigenvalue weighted by atomic mass is 32.2. The zero-order chi connectivity index (χ0) is 16.2. The lowest BCUT2D eigenvalue weighted by Gasteiger charge is -2.25. The molecule has 2 atom stereocenters. The van der Waals surface area contributed by atoms with E-state index >= 15 is 0 Å². The van der Waals surface area contributed by atoms with E-state index in [1.165, 1.54) is 0 Å². The molecule has 6 nitrogen and oxygen atoms in total. The van der Waals surface area contributed by atoms with E-state index in [4.69, 9.17) is 14.0 Å². The third-order valence-electron chi connectivity index (χ3n) is 3.96. The molecule has 1 aliphatic heterocycles. The van der Waals surface area contributed by atoms with Crippen LogP contribution in [0.3, 0.4) is 0 Å². The third kappa shape index (κ3) is 4.27. The Kier molecular flexibility index (Phi) is 5.57. The van der Waals surface area contributed by atoms with Crippen molar-refractivity contribution in [3.8, 4) is 0 Å². The normalized spacial score (nSPS) is 24.5. The molecule has 0 radical (unpaired) electrons. The second-order valence-electron chi connectivity index (χ2n) is 5.38. The van der Waals surface area contributed by atoms with Gasteiger partial charge in [0.05, 0.1) is 6.10 Å². The first-order valence-corrected chi connectivity index (χ1v) is 8.96. The summed E-state index contributed by atoms with van der Waals surface area (Å²) in [6.07, 6.45) is 1.34. The Labute approximate surface area is 131 Å². The monoisotopic (exact) mass is 329 g/mol. The van der Waals surface area contributed by atoms with Gasteiger partial charge in [0.25, 0.3) is 0 Å². The van der Waals surface area contributed by atoms with Crippen LogP contribution >= 0.6 is 0 Å². The molecule has 2 N–H and O–H groups in total. The van der Waals surface area contributed by atoms with Crippen LogP contribution in [0.4, 0.5) is 0 Å². The summed E-state index contributed by atoms with van der Waals surface area (Å²) in [7, 11) is -4.18. The van der Waals surface area contributed by atoms with Gasteiger partial charge in [0, 0.05) is 6.54 Å². The van der Waals surface area contributed by atoms with Crippen LogP contribution < -0.4 is 4.72 Å². The molecule has 1 aromatic carbocycles. The lowest BCUT2D eigenvalue weighted by atomic mass is 10.0. The Hall–Kier alpha value is -0.990. The highest BCUT2D eigenvalue weighted by Gasteiger charge is 2.45. The van der Waals surface area contributed by atoms with Crippen LogP contribution in [0, 0.1) is 0 Å². The van der Waals surface area contributed by atoms with Crippen molar-refractivity contribution >= 4 is 10.3 Å². The van der Waals surface area contributed by atoms with Gasteiger partial charge in [-0.3, -0.25) is 4.55 Å². The maximum absolute atomic E-state index is 10.8. The van der Waals surface area contributed by atoms with Crippen molar-refractivity contribution in [1.82, 2.24) is 4.72 Å². The third-order valence-corrected chi connectivity index (χ3v) is 4.53. The van der Waals surface area contributed by atoms with Crippen molar-refractivity contribution in [3.63, 3.8) is 0 Å². The molecule has 2 unspecified atom stereocenters. The van der Waals surface area contributed by atoms with Crippen LogP contribution in [0.2, 0.25) is 0 Å². The zero-order valence-corrected chi connectivity index (χ0v) is 13.7. The number of hydrogen-bond donors (Lipinski definition) is 2. The smallest absolute Gasteiger partial charge is 0.333 e. The van der Waals surface area contributed by atoms with Gasteiger partial charge >= 0.3 is 10.3 Å². The summed E-state index contributed by atoms with van der Waals surface area (Å²) in [5.41, 5.74) is 1.00. The second kappa shape index (κ2) is 7.06. The average molecular weight is 329 g/mol. The molecule has 0 aromatic heterocycles. The second-order valence-corrected chi connectivity index (χ2v) is 6.62. The van der Waals surface area contributed by atoms with Crippen LogP contribution in [-0.4, -0.2) is 31.4 Å². The van der Waals surface area contributed by atoms with E-state index < -0.39 is 16.1 Å². The summed E-state index contributed by atoms with van der Waals surface area (Å²) in [6.45, 7) is 4.11. The standard InChI is InChI=1S/C15H23NO5S/c1-3-15(4-2)20-13(10-11-16-22(17,18)19)14(21-15)12-8-6-5-7-9-12/h5-9,13-14,16H,3-4,10-11H2,1-2H3,(H,17,18,19). The molecule has 0 spiro atoms. The molecule has 1 fully saturated rings. The maximum atomic E-state index is 10.8. The largest absolute Gasteiger partial charge is 0.344 e. The first-order chi connectivity index (χ1) is 10.4. The Bertz CT molecular complexity index is 571. The fourth-order valence-electron chi connectivity index (χ4n) is 2.72. The SMILES string of the molecule is CCC1(CC)OC(CCNS(=O)(=O)O)C(c2ccccc2)O1. The van der Waals surface area contributed by atoms with E-state index in [-0.39, 0.29) is 18.8 Å². The van der Waals surface area contributed by atoms with E-state index in [0.29, 0.717) is 6.42 Å². The van der Waals surface area contributed by atoms with Gasteiger partial charge in [-0.1, -0.05) is 44.2 Å². The predicted molar refractivity (Wildman–Crippen MR) is 82.6 cm³/mol. The minimum atomic E-state index is -4.18. The van der Waals surface area contributed by atoms with Crippen molar-refractivity contribution in [3.05, 3.63) is 35.9 Å². The maximum Gasteiger partial charge on any atom is 0.333 e. The predicted octanol–water partition coefficient (Wildman–Crippen LogP) is 2.44. The Balaban J connectivity index is 2.13. The molecular formula is C15H23NO5S. The molecule has 124 valence electrons. The fourth-order valence-corrected chi connectivity index (χ4v) is 3.10. The van der Waals surface area contributed by atoms with Crippen LogP contribution in [0.15, 0.2) is 30.3 Å². The van der Waals surface area contributed by atoms with Crippen LogP contribution in [0.5, 0.6) is 0 Å². The highest BCUT2D eigenvalue weighted by molar-refractivity contribution is 7.83. The average Bonchev–Trinajstić information content (AvgIpc) is 2.87. The Morgan fingerprint density at radius 2 is 1.82 bits per heavy atom. The molecule has 0 bridgehead atoms. The summed E-state index contributed by atoms with van der Waals surface area (Å²) in [5.74, 6) is -0.636. The van der Waals surface area contributed by atoms with Gasteiger partial charge in [0.1, 0.15) is 6.10 Å². The summed E-state index contributed by atoms with van der Waals surface area (Å²) in [6, 6.07) is 9.74. The zero-order valence-electron chi connectivity index (χ0n) is 12.9. The van der Waals surface area contributed by atoms with Gasteiger partial charge in [-0.15, -0.1) is 0 Å². The van der Waals surface area contributed by atoms with E-state index in [1.807, 2.05) is 44.2 Å². The van der Waals surface area contributed by atoms with Gasteiger partial charge < -0.3 is 9.47 Å². The van der Waals surface area contributed by atoms with Crippen molar-refractivity contribution in [2.45, 2.75) is 51.1 Å². The van der Waals surface area contributed by atoms with Crippen molar-refractivity contribution < 1.29 is 22.4 Å². The van der Waals surface area contributed by atoms with Crippen molar-refractivity contribution in [2.75, 3.05) is 6.54 Å². The topological polar surface area (TPSA) is 84.9 Å². The van der Waals surface area contributed by atoms with E-state index in [2.05, 4.69) is 4.72 Å². The number of ether oxygens (including phenoxy) is 2. The quantitative estimate of drug-likeness (QED) is 0.751. The minimum Gasteiger partial charge on any atom is -0.344 e. The molecule has 7 heteroatoms. The molecule has 1 saturated heterocycles. The van der Waals surface area contributed by atoms with E-state index in [1.54, 1.807) is 0 Å². The number of nitrogens with one attached hydrogen (secondary N) is 1. The highest BCUT2D eigenvalue weighted by Crippen LogP contribution is 2.43. The van der Waals surface area contributed by atoms with Gasteiger partial charge in [-0.2, -0.15) is 13.1 Å².